The monoisotopic (exact) mass is 395 g/mol. The van der Waals surface area contributed by atoms with Gasteiger partial charge in [-0.3, -0.25) is 9.59 Å². The quantitative estimate of drug-likeness (QED) is 0.763. The second-order valence-corrected chi connectivity index (χ2v) is 7.69. The third kappa shape index (κ3) is 4.43. The fraction of sp³-hybridized carbons (Fsp3) is 0.391. The minimum Gasteiger partial charge on any atom is -0.490 e. The molecule has 29 heavy (non-hydrogen) atoms. The Labute approximate surface area is 170 Å². The highest BCUT2D eigenvalue weighted by atomic mass is 16.5. The van der Waals surface area contributed by atoms with E-state index >= 15 is 0 Å². The zero-order valence-electron chi connectivity index (χ0n) is 16.7. The molecular formula is C23H27N2O4+. The van der Waals surface area contributed by atoms with Crippen LogP contribution >= 0.6 is 0 Å². The molecule has 0 radical (unpaired) electrons. The van der Waals surface area contributed by atoms with Gasteiger partial charge in [0.05, 0.1) is 25.4 Å². The van der Waals surface area contributed by atoms with Crippen molar-refractivity contribution in [2.24, 2.45) is 0 Å². The fourth-order valence-electron chi connectivity index (χ4n) is 4.22. The number of nitrogens with one attached hydrogen (secondary N) is 2. The first kappa shape index (κ1) is 19.5. The topological polar surface area (TPSA) is 69.1 Å². The second kappa shape index (κ2) is 8.66. The highest BCUT2D eigenvalue weighted by Crippen LogP contribution is 2.33. The Morgan fingerprint density at radius 1 is 1.07 bits per heavy atom. The van der Waals surface area contributed by atoms with Crippen LogP contribution < -0.4 is 19.7 Å². The predicted molar refractivity (Wildman–Crippen MR) is 110 cm³/mol. The van der Waals surface area contributed by atoms with E-state index < -0.39 is 0 Å². The molecule has 6 nitrogen and oxygen atoms in total. The molecule has 0 aliphatic carbocycles. The molecule has 0 aromatic heterocycles. The number of fused-ring (bicyclic) bond motifs is 1. The summed E-state index contributed by atoms with van der Waals surface area (Å²) < 4.78 is 11.6. The highest BCUT2D eigenvalue weighted by Gasteiger charge is 2.32. The molecule has 0 bridgehead atoms. The van der Waals surface area contributed by atoms with E-state index in [9.17, 15) is 9.59 Å². The summed E-state index contributed by atoms with van der Waals surface area (Å²) in [7, 11) is 0. The molecule has 6 heteroatoms. The van der Waals surface area contributed by atoms with Gasteiger partial charge in [-0.25, -0.2) is 0 Å². The molecule has 1 fully saturated rings. The molecular weight excluding hydrogens is 368 g/mol. The van der Waals surface area contributed by atoms with Crippen molar-refractivity contribution in [3.05, 3.63) is 53.6 Å². The summed E-state index contributed by atoms with van der Waals surface area (Å²) in [5, 5.41) is 2.92. The number of anilines is 1. The van der Waals surface area contributed by atoms with Crippen LogP contribution in [-0.2, 0) is 4.79 Å². The molecule has 2 atom stereocenters. The number of hydrogen-bond donors (Lipinski definition) is 2. The Balaban J connectivity index is 1.46. The minimum atomic E-state index is -0.0741. The molecule has 2 heterocycles. The fourth-order valence-corrected chi connectivity index (χ4v) is 4.22. The van der Waals surface area contributed by atoms with Gasteiger partial charge in [-0.05, 0) is 37.3 Å². The van der Waals surface area contributed by atoms with Gasteiger partial charge in [0.1, 0.15) is 6.04 Å². The van der Waals surface area contributed by atoms with Crippen LogP contribution in [0.2, 0.25) is 0 Å². The molecule has 1 unspecified atom stereocenters. The summed E-state index contributed by atoms with van der Waals surface area (Å²) in [6.45, 7) is 4.16. The van der Waals surface area contributed by atoms with Crippen LogP contribution in [0.1, 0.15) is 48.1 Å². The zero-order chi connectivity index (χ0) is 20.2. The summed E-state index contributed by atoms with van der Waals surface area (Å²) in [4.78, 5) is 25.7. The molecule has 2 aliphatic rings. The first-order valence-corrected chi connectivity index (χ1v) is 10.3. The van der Waals surface area contributed by atoms with Crippen molar-refractivity contribution in [1.29, 1.82) is 0 Å². The van der Waals surface area contributed by atoms with E-state index in [4.69, 9.17) is 9.47 Å². The predicted octanol–water partition coefficient (Wildman–Crippen LogP) is 2.41. The number of quaternary nitrogens is 1. The van der Waals surface area contributed by atoms with Crippen molar-refractivity contribution >= 4 is 17.4 Å². The van der Waals surface area contributed by atoms with Crippen LogP contribution in [-0.4, -0.2) is 38.0 Å². The van der Waals surface area contributed by atoms with Crippen LogP contribution in [0.3, 0.4) is 0 Å². The van der Waals surface area contributed by atoms with Gasteiger partial charge in [0.2, 0.25) is 0 Å². The molecule has 2 aromatic carbocycles. The van der Waals surface area contributed by atoms with Crippen molar-refractivity contribution < 1.29 is 24.0 Å². The molecule has 0 spiro atoms. The van der Waals surface area contributed by atoms with E-state index in [-0.39, 0.29) is 17.7 Å². The molecule has 2 N–H and O–H groups in total. The Hall–Kier alpha value is -2.86. The lowest BCUT2D eigenvalue weighted by atomic mass is 10.0. The van der Waals surface area contributed by atoms with Crippen LogP contribution in [0.15, 0.2) is 42.5 Å². The molecule has 152 valence electrons. The zero-order valence-corrected chi connectivity index (χ0v) is 16.7. The van der Waals surface area contributed by atoms with Gasteiger partial charge in [-0.1, -0.05) is 12.1 Å². The SMILES string of the molecule is CC(=O)c1ccccc1NC(=O)C[NH+]1CCC[C@H]1c1ccc2c(c1)OCCCO2. The van der Waals surface area contributed by atoms with Crippen molar-refractivity contribution in [3.8, 4) is 11.5 Å². The number of benzene rings is 2. The molecule has 4 rings (SSSR count). The smallest absolute Gasteiger partial charge is 0.279 e. The molecule has 1 saturated heterocycles. The Morgan fingerprint density at radius 2 is 1.86 bits per heavy atom. The lowest BCUT2D eigenvalue weighted by Gasteiger charge is -2.22. The number of hydrogen-bond acceptors (Lipinski definition) is 4. The number of likely N-dealkylation sites (tertiary alicyclic amines) is 1. The normalized spacial score (nSPS) is 20.7. The number of carbonyl (C=O) groups is 2. The first-order valence-electron chi connectivity index (χ1n) is 10.3. The van der Waals surface area contributed by atoms with Crippen molar-refractivity contribution in [1.82, 2.24) is 0 Å². The average Bonchev–Trinajstić information content (AvgIpc) is 3.03. The lowest BCUT2D eigenvalue weighted by Crippen LogP contribution is -3.11. The first-order chi connectivity index (χ1) is 14.1. The maximum Gasteiger partial charge on any atom is 0.279 e. The van der Waals surface area contributed by atoms with Gasteiger partial charge in [0, 0.05) is 30.4 Å². The van der Waals surface area contributed by atoms with Gasteiger partial charge in [-0.2, -0.15) is 0 Å². The second-order valence-electron chi connectivity index (χ2n) is 7.69. The summed E-state index contributed by atoms with van der Waals surface area (Å²) in [5.74, 6) is 1.46. The number of rotatable bonds is 5. The van der Waals surface area contributed by atoms with E-state index in [2.05, 4.69) is 17.4 Å². The van der Waals surface area contributed by atoms with Gasteiger partial charge < -0.3 is 19.7 Å². The van der Waals surface area contributed by atoms with Crippen LogP contribution in [0.4, 0.5) is 5.69 Å². The van der Waals surface area contributed by atoms with Gasteiger partial charge >= 0.3 is 0 Å². The largest absolute Gasteiger partial charge is 0.490 e. The van der Waals surface area contributed by atoms with E-state index in [1.807, 2.05) is 12.1 Å². The Bertz CT molecular complexity index is 912. The van der Waals surface area contributed by atoms with Gasteiger partial charge in [0.25, 0.3) is 5.91 Å². The molecule has 2 aliphatic heterocycles. The van der Waals surface area contributed by atoms with E-state index in [0.717, 1.165) is 37.3 Å². The van der Waals surface area contributed by atoms with Crippen molar-refractivity contribution in [2.75, 3.05) is 31.6 Å². The van der Waals surface area contributed by atoms with Crippen molar-refractivity contribution in [3.63, 3.8) is 0 Å². The highest BCUT2D eigenvalue weighted by molar-refractivity contribution is 6.03. The third-order valence-corrected chi connectivity index (χ3v) is 5.63. The number of Topliss-reactive ketones (excluding diaryl/α,β-unsaturated/α-hetero) is 1. The minimum absolute atomic E-state index is 0.0560. The Kier molecular flexibility index (Phi) is 5.81. The third-order valence-electron chi connectivity index (χ3n) is 5.63. The van der Waals surface area contributed by atoms with E-state index in [1.54, 1.807) is 18.2 Å². The number of para-hydroxylation sites is 1. The number of amides is 1. The maximum absolute atomic E-state index is 12.7. The van der Waals surface area contributed by atoms with Gasteiger partial charge in [0.15, 0.2) is 23.8 Å². The van der Waals surface area contributed by atoms with Gasteiger partial charge in [-0.15, -0.1) is 0 Å². The van der Waals surface area contributed by atoms with E-state index in [0.29, 0.717) is 31.0 Å². The molecule has 2 aromatic rings. The summed E-state index contributed by atoms with van der Waals surface area (Å²) >= 11 is 0. The number of ether oxygens (including phenoxy) is 2. The molecule has 1 amide bonds. The van der Waals surface area contributed by atoms with E-state index in [1.165, 1.54) is 17.4 Å². The van der Waals surface area contributed by atoms with Crippen LogP contribution in [0.25, 0.3) is 0 Å². The Morgan fingerprint density at radius 3 is 2.69 bits per heavy atom. The molecule has 0 saturated carbocycles. The van der Waals surface area contributed by atoms with Crippen LogP contribution in [0, 0.1) is 0 Å². The van der Waals surface area contributed by atoms with Crippen molar-refractivity contribution in [2.45, 2.75) is 32.2 Å². The maximum atomic E-state index is 12.7. The summed E-state index contributed by atoms with van der Waals surface area (Å²) in [6, 6.07) is 13.5. The summed E-state index contributed by atoms with van der Waals surface area (Å²) in [5.41, 5.74) is 2.30. The standard InChI is InChI=1S/C23H26N2O4/c1-16(26)18-6-2-3-7-19(18)24-23(27)15-25-11-4-8-20(25)17-9-10-21-22(14-17)29-13-5-12-28-21/h2-3,6-7,9-10,14,20H,4-5,8,11-13,15H2,1H3,(H,24,27)/p+1/t20-/m0/s1. The summed E-state index contributed by atoms with van der Waals surface area (Å²) in [6.07, 6.45) is 2.99. The lowest BCUT2D eigenvalue weighted by molar-refractivity contribution is -0.910. The number of carbonyl (C=O) groups excluding carboxylic acids is 2. The van der Waals surface area contributed by atoms with Crippen LogP contribution in [0.5, 0.6) is 11.5 Å². The average molecular weight is 395 g/mol. The number of ketones is 1.